The summed E-state index contributed by atoms with van der Waals surface area (Å²) < 4.78 is 0. The number of thioether (sulfide) groups is 1. The molecule has 14 heavy (non-hydrogen) atoms. The molecule has 0 bridgehead atoms. The Morgan fingerprint density at radius 2 is 2.00 bits per heavy atom. The van der Waals surface area contributed by atoms with E-state index in [4.69, 9.17) is 5.73 Å². The van der Waals surface area contributed by atoms with Gasteiger partial charge in [0, 0.05) is 16.4 Å². The lowest BCUT2D eigenvalue weighted by molar-refractivity contribution is 0.521. The number of anilines is 1. The molecule has 2 heteroatoms. The molecule has 1 aromatic rings. The predicted molar refractivity (Wildman–Crippen MR) is 66.9 cm³/mol. The van der Waals surface area contributed by atoms with Crippen molar-refractivity contribution in [2.75, 3.05) is 12.0 Å². The molecule has 0 radical (unpaired) electrons. The van der Waals surface area contributed by atoms with Gasteiger partial charge in [-0.2, -0.15) is 11.8 Å². The van der Waals surface area contributed by atoms with Crippen molar-refractivity contribution in [2.24, 2.45) is 0 Å². The summed E-state index contributed by atoms with van der Waals surface area (Å²) in [5.41, 5.74) is 8.14. The van der Waals surface area contributed by atoms with E-state index in [-0.39, 0.29) is 5.41 Å². The Labute approximate surface area is 91.1 Å². The zero-order chi connectivity index (χ0) is 10.8. The minimum Gasteiger partial charge on any atom is -0.399 e. The first-order valence-electron chi connectivity index (χ1n) is 4.87. The van der Waals surface area contributed by atoms with Crippen LogP contribution in [0.25, 0.3) is 0 Å². The molecule has 78 valence electrons. The van der Waals surface area contributed by atoms with E-state index < -0.39 is 0 Å². The van der Waals surface area contributed by atoms with E-state index in [0.29, 0.717) is 5.25 Å². The van der Waals surface area contributed by atoms with Gasteiger partial charge in [-0.05, 0) is 24.0 Å². The zero-order valence-corrected chi connectivity index (χ0v) is 10.2. The summed E-state index contributed by atoms with van der Waals surface area (Å²) in [6.07, 6.45) is 2.15. The second-order valence-electron chi connectivity index (χ2n) is 4.23. The predicted octanol–water partition coefficient (Wildman–Crippen LogP) is 3.30. The number of nitrogens with two attached hydrogens (primary N) is 1. The minimum absolute atomic E-state index is 0.175. The van der Waals surface area contributed by atoms with Gasteiger partial charge < -0.3 is 5.73 Å². The Bertz CT molecular complexity index is 307. The van der Waals surface area contributed by atoms with Crippen molar-refractivity contribution >= 4 is 17.4 Å². The number of hydrogen-bond acceptors (Lipinski definition) is 2. The van der Waals surface area contributed by atoms with Crippen LogP contribution < -0.4 is 5.73 Å². The normalized spacial score (nSPS) is 14.0. The van der Waals surface area contributed by atoms with Gasteiger partial charge >= 0.3 is 0 Å². The SMILES string of the molecule is CSC(C)C(C)(C)c1cccc(N)c1. The summed E-state index contributed by atoms with van der Waals surface area (Å²) in [5, 5.41) is 0.587. The maximum absolute atomic E-state index is 5.79. The molecular formula is C12H19NS. The van der Waals surface area contributed by atoms with Crippen molar-refractivity contribution in [3.63, 3.8) is 0 Å². The highest BCUT2D eigenvalue weighted by atomic mass is 32.2. The number of benzene rings is 1. The molecule has 1 aromatic carbocycles. The summed E-state index contributed by atoms with van der Waals surface area (Å²) in [4.78, 5) is 0. The Morgan fingerprint density at radius 3 is 2.50 bits per heavy atom. The second-order valence-corrected chi connectivity index (χ2v) is 5.40. The molecule has 0 aromatic heterocycles. The van der Waals surface area contributed by atoms with Crippen molar-refractivity contribution in [3.05, 3.63) is 29.8 Å². The Morgan fingerprint density at radius 1 is 1.36 bits per heavy atom. The highest BCUT2D eigenvalue weighted by molar-refractivity contribution is 7.99. The first kappa shape index (κ1) is 11.4. The highest BCUT2D eigenvalue weighted by Crippen LogP contribution is 2.33. The van der Waals surface area contributed by atoms with E-state index in [9.17, 15) is 0 Å². The van der Waals surface area contributed by atoms with E-state index in [0.717, 1.165) is 5.69 Å². The van der Waals surface area contributed by atoms with Gasteiger partial charge in [-0.15, -0.1) is 0 Å². The molecule has 0 amide bonds. The van der Waals surface area contributed by atoms with Gasteiger partial charge in [0.15, 0.2) is 0 Å². The first-order valence-corrected chi connectivity index (χ1v) is 6.16. The van der Waals surface area contributed by atoms with Crippen LogP contribution in [0.4, 0.5) is 5.69 Å². The molecular weight excluding hydrogens is 190 g/mol. The van der Waals surface area contributed by atoms with Crippen LogP contribution in [0.15, 0.2) is 24.3 Å². The number of hydrogen-bond donors (Lipinski definition) is 1. The maximum Gasteiger partial charge on any atom is 0.0316 e. The molecule has 0 fully saturated rings. The molecule has 0 spiro atoms. The lowest BCUT2D eigenvalue weighted by Crippen LogP contribution is -2.28. The van der Waals surface area contributed by atoms with Gasteiger partial charge in [-0.1, -0.05) is 32.9 Å². The highest BCUT2D eigenvalue weighted by Gasteiger charge is 2.27. The molecule has 0 saturated carbocycles. The molecule has 0 saturated heterocycles. The van der Waals surface area contributed by atoms with Crippen molar-refractivity contribution in [3.8, 4) is 0 Å². The molecule has 0 aliphatic carbocycles. The first-order chi connectivity index (χ1) is 6.48. The monoisotopic (exact) mass is 209 g/mol. The van der Waals surface area contributed by atoms with Crippen molar-refractivity contribution in [1.29, 1.82) is 0 Å². The van der Waals surface area contributed by atoms with E-state index >= 15 is 0 Å². The van der Waals surface area contributed by atoms with Gasteiger partial charge in [0.2, 0.25) is 0 Å². The molecule has 0 heterocycles. The summed E-state index contributed by atoms with van der Waals surface area (Å²) in [6, 6.07) is 8.19. The van der Waals surface area contributed by atoms with Crippen LogP contribution >= 0.6 is 11.8 Å². The number of nitrogen functional groups attached to an aromatic ring is 1. The molecule has 0 aliphatic heterocycles. The van der Waals surface area contributed by atoms with Crippen LogP contribution in [-0.2, 0) is 5.41 Å². The molecule has 1 nitrogen and oxygen atoms in total. The van der Waals surface area contributed by atoms with Gasteiger partial charge in [0.1, 0.15) is 0 Å². The molecule has 0 aliphatic rings. The lowest BCUT2D eigenvalue weighted by Gasteiger charge is -2.31. The van der Waals surface area contributed by atoms with Crippen LogP contribution in [0.1, 0.15) is 26.3 Å². The van der Waals surface area contributed by atoms with Gasteiger partial charge in [-0.25, -0.2) is 0 Å². The molecule has 1 atom stereocenters. The topological polar surface area (TPSA) is 26.0 Å². The van der Waals surface area contributed by atoms with Crippen LogP contribution in [0.5, 0.6) is 0 Å². The molecule has 2 N–H and O–H groups in total. The van der Waals surface area contributed by atoms with Crippen LogP contribution in [0, 0.1) is 0 Å². The maximum atomic E-state index is 5.79. The van der Waals surface area contributed by atoms with E-state index in [1.54, 1.807) is 0 Å². The van der Waals surface area contributed by atoms with E-state index in [2.05, 4.69) is 39.2 Å². The average Bonchev–Trinajstić information content (AvgIpc) is 2.16. The molecule has 1 unspecified atom stereocenters. The Kier molecular flexibility index (Phi) is 3.48. The van der Waals surface area contributed by atoms with Crippen LogP contribution in [0.3, 0.4) is 0 Å². The minimum atomic E-state index is 0.175. The average molecular weight is 209 g/mol. The van der Waals surface area contributed by atoms with Crippen molar-refractivity contribution < 1.29 is 0 Å². The smallest absolute Gasteiger partial charge is 0.0316 e. The fourth-order valence-corrected chi connectivity index (χ4v) is 2.19. The standard InChI is InChI=1S/C12H19NS/c1-9(14-4)12(2,3)10-6-5-7-11(13)8-10/h5-9H,13H2,1-4H3. The quantitative estimate of drug-likeness (QED) is 0.773. The fraction of sp³-hybridized carbons (Fsp3) is 0.500. The van der Waals surface area contributed by atoms with Crippen LogP contribution in [-0.4, -0.2) is 11.5 Å². The van der Waals surface area contributed by atoms with E-state index in [1.165, 1.54) is 5.56 Å². The largest absolute Gasteiger partial charge is 0.399 e. The summed E-state index contributed by atoms with van der Waals surface area (Å²) in [6.45, 7) is 6.79. The van der Waals surface area contributed by atoms with Gasteiger partial charge in [-0.3, -0.25) is 0 Å². The summed E-state index contributed by atoms with van der Waals surface area (Å²) in [7, 11) is 0. The Balaban J connectivity index is 3.03. The van der Waals surface area contributed by atoms with Crippen molar-refractivity contribution in [2.45, 2.75) is 31.4 Å². The molecule has 1 rings (SSSR count). The van der Waals surface area contributed by atoms with Gasteiger partial charge in [0.25, 0.3) is 0 Å². The summed E-state index contributed by atoms with van der Waals surface area (Å²) in [5.74, 6) is 0. The third-order valence-corrected chi connectivity index (χ3v) is 4.30. The second kappa shape index (κ2) is 4.26. The third kappa shape index (κ3) is 2.24. The van der Waals surface area contributed by atoms with E-state index in [1.807, 2.05) is 23.9 Å². The Hall–Kier alpha value is -0.630. The van der Waals surface area contributed by atoms with Crippen molar-refractivity contribution in [1.82, 2.24) is 0 Å². The number of rotatable bonds is 3. The zero-order valence-electron chi connectivity index (χ0n) is 9.37. The lowest BCUT2D eigenvalue weighted by atomic mass is 9.81. The fourth-order valence-electron chi connectivity index (χ4n) is 1.47. The third-order valence-electron chi connectivity index (χ3n) is 3.00. The van der Waals surface area contributed by atoms with Crippen LogP contribution in [0.2, 0.25) is 0 Å². The summed E-state index contributed by atoms with van der Waals surface area (Å²) >= 11 is 1.89. The van der Waals surface area contributed by atoms with Gasteiger partial charge in [0.05, 0.1) is 0 Å².